The summed E-state index contributed by atoms with van der Waals surface area (Å²) < 4.78 is 0. The average Bonchev–Trinajstić information content (AvgIpc) is 2.50. The van der Waals surface area contributed by atoms with Gasteiger partial charge in [-0.1, -0.05) is 41.9 Å². The van der Waals surface area contributed by atoms with Crippen LogP contribution in [0.2, 0.25) is 5.02 Å². The Kier molecular flexibility index (Phi) is 6.19. The monoisotopic (exact) mass is 334 g/mol. The first-order valence-corrected chi connectivity index (χ1v) is 8.00. The smallest absolute Gasteiger partial charge is 0.171 e. The third-order valence-corrected chi connectivity index (χ3v) is 3.97. The lowest BCUT2D eigenvalue weighted by Crippen LogP contribution is -3.07. The molecule has 0 amide bonds. The topological polar surface area (TPSA) is 28.5 Å². The highest BCUT2D eigenvalue weighted by Gasteiger charge is 2.17. The Balaban J connectivity index is 1.92. The van der Waals surface area contributed by atoms with Gasteiger partial charge in [0.25, 0.3) is 0 Å². The van der Waals surface area contributed by atoms with Crippen LogP contribution in [0.5, 0.6) is 0 Å². The minimum absolute atomic E-state index is 0.339. The van der Waals surface area contributed by atoms with E-state index >= 15 is 0 Å². The lowest BCUT2D eigenvalue weighted by Gasteiger charge is -2.23. The van der Waals surface area contributed by atoms with E-state index in [9.17, 15) is 0 Å². The van der Waals surface area contributed by atoms with Crippen molar-refractivity contribution in [3.8, 4) is 0 Å². The van der Waals surface area contributed by atoms with Gasteiger partial charge >= 0.3 is 0 Å². The molecule has 2 rings (SSSR count). The highest BCUT2D eigenvalue weighted by Crippen LogP contribution is 2.13. The molecule has 5 heteroatoms. The molecular formula is C17H21ClN3S+. The van der Waals surface area contributed by atoms with Gasteiger partial charge in [0.05, 0.1) is 20.6 Å². The van der Waals surface area contributed by atoms with Gasteiger partial charge in [-0.15, -0.1) is 0 Å². The second-order valence-electron chi connectivity index (χ2n) is 5.38. The second kappa shape index (κ2) is 8.13. The number of halogens is 1. The van der Waals surface area contributed by atoms with Gasteiger partial charge in [0.1, 0.15) is 6.04 Å². The van der Waals surface area contributed by atoms with E-state index in [0.29, 0.717) is 16.2 Å². The van der Waals surface area contributed by atoms with Crippen molar-refractivity contribution >= 4 is 34.6 Å². The zero-order valence-electron chi connectivity index (χ0n) is 12.8. The second-order valence-corrected chi connectivity index (χ2v) is 6.23. The summed E-state index contributed by atoms with van der Waals surface area (Å²) in [5.74, 6) is 0. The third-order valence-electron chi connectivity index (χ3n) is 3.47. The maximum Gasteiger partial charge on any atom is 0.171 e. The van der Waals surface area contributed by atoms with Crippen LogP contribution in [0.25, 0.3) is 0 Å². The van der Waals surface area contributed by atoms with E-state index in [2.05, 4.69) is 49.0 Å². The molecule has 116 valence electrons. The zero-order chi connectivity index (χ0) is 15.9. The molecule has 0 saturated carbocycles. The van der Waals surface area contributed by atoms with Crippen molar-refractivity contribution in [1.82, 2.24) is 5.32 Å². The molecule has 0 aromatic heterocycles. The number of likely N-dealkylation sites (N-methyl/N-ethyl adjacent to an activating group) is 1. The molecule has 3 nitrogen and oxygen atoms in total. The van der Waals surface area contributed by atoms with Crippen molar-refractivity contribution in [1.29, 1.82) is 0 Å². The summed E-state index contributed by atoms with van der Waals surface area (Å²) in [6, 6.07) is 18.3. The molecule has 0 bridgehead atoms. The van der Waals surface area contributed by atoms with Crippen LogP contribution < -0.4 is 15.5 Å². The fourth-order valence-electron chi connectivity index (χ4n) is 2.24. The van der Waals surface area contributed by atoms with E-state index < -0.39 is 0 Å². The van der Waals surface area contributed by atoms with Crippen molar-refractivity contribution in [2.24, 2.45) is 0 Å². The summed E-state index contributed by atoms with van der Waals surface area (Å²) in [6.07, 6.45) is 0. The fraction of sp³-hybridized carbons (Fsp3) is 0.235. The SMILES string of the molecule is C[NH+](C)[C@@H](CNC(=S)Nc1ccc(Cl)cc1)c1ccccc1. The van der Waals surface area contributed by atoms with Crippen molar-refractivity contribution < 1.29 is 4.90 Å². The number of hydrogen-bond acceptors (Lipinski definition) is 1. The molecule has 0 saturated heterocycles. The quantitative estimate of drug-likeness (QED) is 0.734. The van der Waals surface area contributed by atoms with E-state index in [4.69, 9.17) is 23.8 Å². The maximum absolute atomic E-state index is 5.87. The molecule has 2 aromatic carbocycles. The molecule has 0 heterocycles. The normalized spacial score (nSPS) is 12.0. The number of quaternary nitrogens is 1. The van der Waals surface area contributed by atoms with Gasteiger partial charge in [0.15, 0.2) is 5.11 Å². The molecule has 0 aliphatic rings. The Morgan fingerprint density at radius 2 is 1.73 bits per heavy atom. The molecule has 1 atom stereocenters. The predicted octanol–water partition coefficient (Wildman–Crippen LogP) is 2.51. The van der Waals surface area contributed by atoms with Crippen LogP contribution in [0.4, 0.5) is 5.69 Å². The third kappa shape index (κ3) is 4.98. The summed E-state index contributed by atoms with van der Waals surface area (Å²) in [5.41, 5.74) is 2.22. The number of nitrogens with one attached hydrogen (secondary N) is 3. The van der Waals surface area contributed by atoms with E-state index in [0.717, 1.165) is 12.2 Å². The largest absolute Gasteiger partial charge is 0.356 e. The Hall–Kier alpha value is -1.62. The Morgan fingerprint density at radius 1 is 1.09 bits per heavy atom. The molecule has 0 radical (unpaired) electrons. The lowest BCUT2D eigenvalue weighted by atomic mass is 10.1. The minimum atomic E-state index is 0.339. The van der Waals surface area contributed by atoms with Crippen molar-refractivity contribution in [2.45, 2.75) is 6.04 Å². The minimum Gasteiger partial charge on any atom is -0.356 e. The van der Waals surface area contributed by atoms with E-state index in [1.54, 1.807) is 0 Å². The zero-order valence-corrected chi connectivity index (χ0v) is 14.3. The van der Waals surface area contributed by atoms with Crippen molar-refractivity contribution in [3.63, 3.8) is 0 Å². The standard InChI is InChI=1S/C17H20ClN3S/c1-21(2)16(13-6-4-3-5-7-13)12-19-17(22)20-15-10-8-14(18)9-11-15/h3-11,16H,12H2,1-2H3,(H2,19,20,22)/p+1/t16-/m0/s1. The molecule has 3 N–H and O–H groups in total. The molecule has 0 spiro atoms. The number of hydrogen-bond donors (Lipinski definition) is 3. The van der Waals surface area contributed by atoms with E-state index in [-0.39, 0.29) is 0 Å². The number of rotatable bonds is 5. The van der Waals surface area contributed by atoms with E-state index in [1.165, 1.54) is 10.5 Å². The maximum atomic E-state index is 5.87. The first kappa shape index (κ1) is 16.7. The first-order chi connectivity index (χ1) is 10.6. The average molecular weight is 335 g/mol. The van der Waals surface area contributed by atoms with Crippen molar-refractivity contribution in [3.05, 3.63) is 65.2 Å². The van der Waals surface area contributed by atoms with Gasteiger partial charge < -0.3 is 15.5 Å². The number of anilines is 1. The van der Waals surface area contributed by atoms with Gasteiger partial charge in [-0.3, -0.25) is 0 Å². The van der Waals surface area contributed by atoms with Crippen LogP contribution in [0.1, 0.15) is 11.6 Å². The van der Waals surface area contributed by atoms with Crippen LogP contribution in [0, 0.1) is 0 Å². The molecule has 0 unspecified atom stereocenters. The molecule has 0 aliphatic carbocycles. The van der Waals surface area contributed by atoms with E-state index in [1.807, 2.05) is 30.3 Å². The van der Waals surface area contributed by atoms with Gasteiger partial charge in [0.2, 0.25) is 0 Å². The molecular weight excluding hydrogens is 314 g/mol. The van der Waals surface area contributed by atoms with Gasteiger partial charge in [-0.2, -0.15) is 0 Å². The number of thiocarbonyl (C=S) groups is 1. The van der Waals surface area contributed by atoms with Crippen LogP contribution in [-0.2, 0) is 0 Å². The summed E-state index contributed by atoms with van der Waals surface area (Å²) in [6.45, 7) is 0.770. The lowest BCUT2D eigenvalue weighted by molar-refractivity contribution is -0.890. The van der Waals surface area contributed by atoms with Crippen LogP contribution >= 0.6 is 23.8 Å². The Morgan fingerprint density at radius 3 is 2.32 bits per heavy atom. The van der Waals surface area contributed by atoms with Gasteiger partial charge in [0, 0.05) is 16.3 Å². The molecule has 22 heavy (non-hydrogen) atoms. The fourth-order valence-corrected chi connectivity index (χ4v) is 2.57. The molecule has 0 aliphatic heterocycles. The first-order valence-electron chi connectivity index (χ1n) is 7.21. The number of benzene rings is 2. The van der Waals surface area contributed by atoms with Crippen LogP contribution in [0.15, 0.2) is 54.6 Å². The predicted molar refractivity (Wildman–Crippen MR) is 97.7 cm³/mol. The summed E-state index contributed by atoms with van der Waals surface area (Å²) in [4.78, 5) is 1.35. The van der Waals surface area contributed by atoms with Crippen LogP contribution in [-0.4, -0.2) is 25.8 Å². The Bertz CT molecular complexity index is 599. The van der Waals surface area contributed by atoms with Crippen LogP contribution in [0.3, 0.4) is 0 Å². The Labute approximate surface area is 142 Å². The summed E-state index contributed by atoms with van der Waals surface area (Å²) in [5, 5.41) is 7.79. The summed E-state index contributed by atoms with van der Waals surface area (Å²) >= 11 is 11.2. The highest BCUT2D eigenvalue weighted by molar-refractivity contribution is 7.80. The highest BCUT2D eigenvalue weighted by atomic mass is 35.5. The summed E-state index contributed by atoms with van der Waals surface area (Å²) in [7, 11) is 4.30. The van der Waals surface area contributed by atoms with Gasteiger partial charge in [-0.05, 0) is 36.5 Å². The molecule has 2 aromatic rings. The van der Waals surface area contributed by atoms with Gasteiger partial charge in [-0.25, -0.2) is 0 Å². The molecule has 0 fully saturated rings. The van der Waals surface area contributed by atoms with Crippen molar-refractivity contribution in [2.75, 3.05) is 26.0 Å².